The number of para-hydroxylation sites is 1. The van der Waals surface area contributed by atoms with Crippen LogP contribution in [0.15, 0.2) is 54.6 Å². The Kier molecular flexibility index (Phi) is 5.98. The number of carboxylic acid groups (broad SMARTS) is 1. The molecule has 2 aromatic carbocycles. The van der Waals surface area contributed by atoms with Crippen molar-refractivity contribution in [2.45, 2.75) is 30.3 Å². The Bertz CT molecular complexity index is 919. The Hall–Kier alpha value is -2.90. The molecule has 2 aromatic rings. The number of carboxylic acids is 1. The van der Waals surface area contributed by atoms with Crippen LogP contribution in [0.3, 0.4) is 0 Å². The van der Waals surface area contributed by atoms with E-state index in [1.54, 1.807) is 24.3 Å². The molecule has 2 fully saturated rings. The molecule has 1 aliphatic heterocycles. The number of ether oxygens (including phenoxy) is 2. The number of benzene rings is 2. The van der Waals surface area contributed by atoms with Crippen molar-refractivity contribution in [2.24, 2.45) is 0 Å². The van der Waals surface area contributed by atoms with Crippen molar-refractivity contribution < 1.29 is 24.2 Å². The number of nitrogens with one attached hydrogen (secondary N) is 1. The van der Waals surface area contributed by atoms with Crippen molar-refractivity contribution >= 4 is 11.9 Å². The van der Waals surface area contributed by atoms with E-state index in [0.29, 0.717) is 32.8 Å². The fourth-order valence-electron chi connectivity index (χ4n) is 4.12. The third-order valence-corrected chi connectivity index (χ3v) is 6.38. The molecule has 1 aliphatic carbocycles. The number of hydrogen-bond acceptors (Lipinski definition) is 5. The average molecular weight is 424 g/mol. The summed E-state index contributed by atoms with van der Waals surface area (Å²) in [4.78, 5) is 26.6. The summed E-state index contributed by atoms with van der Waals surface area (Å²) in [7, 11) is 1.93. The van der Waals surface area contributed by atoms with Crippen molar-refractivity contribution in [1.29, 1.82) is 0 Å². The van der Waals surface area contributed by atoms with Crippen LogP contribution < -0.4 is 10.1 Å². The van der Waals surface area contributed by atoms with E-state index in [1.165, 1.54) is 0 Å². The van der Waals surface area contributed by atoms with Gasteiger partial charge in [0.25, 0.3) is 0 Å². The topological polar surface area (TPSA) is 88.1 Å². The first kappa shape index (κ1) is 21.3. The summed E-state index contributed by atoms with van der Waals surface area (Å²) in [5.41, 5.74) is 0.0153. The zero-order chi connectivity index (χ0) is 21.9. The van der Waals surface area contributed by atoms with E-state index in [1.807, 2.05) is 42.3 Å². The standard InChI is InChI=1S/C24H28N2O5/c1-26(14-16-31-20-5-3-2-4-6-20)24(13-15-30-17-24)22(29)25-23(11-12-23)19-9-7-18(8-10-19)21(27)28/h2-10H,11-17H2,1H3,(H,25,29)(H,27,28). The molecular formula is C24H28N2O5. The van der Waals surface area contributed by atoms with Crippen LogP contribution in [0.5, 0.6) is 5.75 Å². The van der Waals surface area contributed by atoms with Gasteiger partial charge >= 0.3 is 5.97 Å². The van der Waals surface area contributed by atoms with Gasteiger partial charge in [0.2, 0.25) is 5.91 Å². The molecule has 1 saturated carbocycles. The first-order valence-electron chi connectivity index (χ1n) is 10.6. The summed E-state index contributed by atoms with van der Waals surface area (Å²) in [6.45, 7) is 1.94. The van der Waals surface area contributed by atoms with Crippen molar-refractivity contribution in [3.8, 4) is 5.75 Å². The highest BCUT2D eigenvalue weighted by atomic mass is 16.5. The van der Waals surface area contributed by atoms with Gasteiger partial charge in [0.05, 0.1) is 17.7 Å². The predicted molar refractivity (Wildman–Crippen MR) is 115 cm³/mol. The van der Waals surface area contributed by atoms with Crippen molar-refractivity contribution in [3.05, 3.63) is 65.7 Å². The Balaban J connectivity index is 1.42. The average Bonchev–Trinajstić information content (AvgIpc) is 3.38. The molecule has 2 aliphatic rings. The van der Waals surface area contributed by atoms with E-state index in [-0.39, 0.29) is 11.5 Å². The SMILES string of the molecule is CN(CCOc1ccccc1)C1(C(=O)NC2(c3ccc(C(=O)O)cc3)CC2)CCOC1. The molecule has 2 N–H and O–H groups in total. The Morgan fingerprint density at radius 3 is 2.39 bits per heavy atom. The molecule has 1 amide bonds. The second kappa shape index (κ2) is 8.69. The molecule has 164 valence electrons. The number of rotatable bonds is 9. The fourth-order valence-corrected chi connectivity index (χ4v) is 4.12. The van der Waals surface area contributed by atoms with Gasteiger partial charge in [-0.1, -0.05) is 30.3 Å². The second-order valence-corrected chi connectivity index (χ2v) is 8.34. The molecule has 1 unspecified atom stereocenters. The number of carbonyl (C=O) groups excluding carboxylic acids is 1. The van der Waals surface area contributed by atoms with Gasteiger partial charge in [0.15, 0.2) is 0 Å². The van der Waals surface area contributed by atoms with Crippen LogP contribution in [0.25, 0.3) is 0 Å². The van der Waals surface area contributed by atoms with Gasteiger partial charge in [0.1, 0.15) is 17.9 Å². The molecule has 31 heavy (non-hydrogen) atoms. The number of likely N-dealkylation sites (N-methyl/N-ethyl adjacent to an activating group) is 1. The highest BCUT2D eigenvalue weighted by molar-refractivity contribution is 5.89. The van der Waals surface area contributed by atoms with E-state index < -0.39 is 17.0 Å². The zero-order valence-electron chi connectivity index (χ0n) is 17.7. The molecule has 1 saturated heterocycles. The van der Waals surface area contributed by atoms with Crippen LogP contribution in [0.1, 0.15) is 35.2 Å². The number of carbonyl (C=O) groups is 2. The number of aromatic carboxylic acids is 1. The van der Waals surface area contributed by atoms with E-state index in [9.17, 15) is 9.59 Å². The molecular weight excluding hydrogens is 396 g/mol. The van der Waals surface area contributed by atoms with Gasteiger partial charge in [0, 0.05) is 19.6 Å². The lowest BCUT2D eigenvalue weighted by Crippen LogP contribution is -2.60. The summed E-state index contributed by atoms with van der Waals surface area (Å²) >= 11 is 0. The minimum absolute atomic E-state index is 0.0491. The monoisotopic (exact) mass is 424 g/mol. The van der Waals surface area contributed by atoms with Crippen LogP contribution in [0, 0.1) is 0 Å². The maximum Gasteiger partial charge on any atom is 0.335 e. The summed E-state index contributed by atoms with van der Waals surface area (Å²) < 4.78 is 11.5. The van der Waals surface area contributed by atoms with Crippen molar-refractivity contribution in [2.75, 3.05) is 33.4 Å². The van der Waals surface area contributed by atoms with E-state index in [4.69, 9.17) is 14.6 Å². The third kappa shape index (κ3) is 4.43. The van der Waals surface area contributed by atoms with Crippen LogP contribution in [0.4, 0.5) is 0 Å². The predicted octanol–water partition coefficient (Wildman–Crippen LogP) is 2.66. The summed E-state index contributed by atoms with van der Waals surface area (Å²) in [6.07, 6.45) is 2.29. The minimum Gasteiger partial charge on any atom is -0.492 e. The van der Waals surface area contributed by atoms with E-state index in [0.717, 1.165) is 24.2 Å². The first-order valence-corrected chi connectivity index (χ1v) is 10.6. The van der Waals surface area contributed by atoms with Gasteiger partial charge in [-0.2, -0.15) is 0 Å². The largest absolute Gasteiger partial charge is 0.492 e. The maximum atomic E-state index is 13.5. The van der Waals surface area contributed by atoms with Crippen molar-refractivity contribution in [1.82, 2.24) is 10.2 Å². The zero-order valence-corrected chi connectivity index (χ0v) is 17.7. The molecule has 7 heteroatoms. The second-order valence-electron chi connectivity index (χ2n) is 8.34. The minimum atomic E-state index is -0.957. The molecule has 0 spiro atoms. The van der Waals surface area contributed by atoms with Gasteiger partial charge in [-0.25, -0.2) is 4.79 Å². The Labute approximate surface area is 182 Å². The van der Waals surface area contributed by atoms with Gasteiger partial charge in [-0.15, -0.1) is 0 Å². The number of amides is 1. The highest BCUT2D eigenvalue weighted by Gasteiger charge is 2.52. The fraction of sp³-hybridized carbons (Fsp3) is 0.417. The summed E-state index contributed by atoms with van der Waals surface area (Å²) in [6, 6.07) is 16.4. The molecule has 0 aromatic heterocycles. The number of hydrogen-bond donors (Lipinski definition) is 2. The smallest absolute Gasteiger partial charge is 0.335 e. The third-order valence-electron chi connectivity index (χ3n) is 6.38. The first-order chi connectivity index (χ1) is 15.0. The lowest BCUT2D eigenvalue weighted by atomic mass is 9.93. The Morgan fingerprint density at radius 1 is 1.10 bits per heavy atom. The molecule has 4 rings (SSSR count). The number of nitrogens with zero attached hydrogens (tertiary/aromatic N) is 1. The molecule has 1 atom stereocenters. The van der Waals surface area contributed by atoms with Crippen LogP contribution in [-0.4, -0.2) is 60.8 Å². The molecule has 0 radical (unpaired) electrons. The summed E-state index contributed by atoms with van der Waals surface area (Å²) in [5, 5.41) is 12.4. The molecule has 7 nitrogen and oxygen atoms in total. The van der Waals surface area contributed by atoms with E-state index in [2.05, 4.69) is 5.32 Å². The maximum absolute atomic E-state index is 13.5. The normalized spacial score (nSPS) is 21.6. The lowest BCUT2D eigenvalue weighted by molar-refractivity contribution is -0.134. The van der Waals surface area contributed by atoms with Crippen LogP contribution in [0.2, 0.25) is 0 Å². The van der Waals surface area contributed by atoms with Gasteiger partial charge in [-0.05, 0) is 49.7 Å². The molecule has 1 heterocycles. The lowest BCUT2D eigenvalue weighted by Gasteiger charge is -2.37. The highest BCUT2D eigenvalue weighted by Crippen LogP contribution is 2.46. The van der Waals surface area contributed by atoms with Gasteiger partial charge < -0.3 is 19.9 Å². The molecule has 0 bridgehead atoms. The van der Waals surface area contributed by atoms with Gasteiger partial charge in [-0.3, -0.25) is 9.69 Å². The van der Waals surface area contributed by atoms with Crippen LogP contribution >= 0.6 is 0 Å². The quantitative estimate of drug-likeness (QED) is 0.644. The van der Waals surface area contributed by atoms with Crippen LogP contribution in [-0.2, 0) is 15.1 Å². The van der Waals surface area contributed by atoms with Crippen molar-refractivity contribution in [3.63, 3.8) is 0 Å². The van der Waals surface area contributed by atoms with E-state index >= 15 is 0 Å². The summed E-state index contributed by atoms with van der Waals surface area (Å²) in [5.74, 6) is -0.201. The Morgan fingerprint density at radius 2 is 1.81 bits per heavy atom.